The van der Waals surface area contributed by atoms with Crippen molar-refractivity contribution in [1.82, 2.24) is 19.7 Å². The minimum Gasteiger partial charge on any atom is -0.330 e. The lowest BCUT2D eigenvalue weighted by molar-refractivity contribution is -0.143. The molecule has 0 aromatic carbocycles. The molecule has 10 heteroatoms. The summed E-state index contributed by atoms with van der Waals surface area (Å²) in [5.41, 5.74) is -3.15. The Labute approximate surface area is 95.2 Å². The van der Waals surface area contributed by atoms with Crippen LogP contribution in [0.3, 0.4) is 0 Å². The van der Waals surface area contributed by atoms with Gasteiger partial charge in [0.05, 0.1) is 12.5 Å². The average molecular weight is 270 g/mol. The maximum absolute atomic E-state index is 12.6. The molecule has 0 spiro atoms. The number of nitrogens with zero attached hydrogens (tertiary/aromatic N) is 3. The van der Waals surface area contributed by atoms with E-state index in [-0.39, 0.29) is 16.6 Å². The molecule has 1 N–H and O–H groups in total. The van der Waals surface area contributed by atoms with E-state index in [4.69, 9.17) is 0 Å². The molecule has 0 saturated carbocycles. The Bertz CT molecular complexity index is 535. The van der Waals surface area contributed by atoms with E-state index in [9.17, 15) is 26.3 Å². The van der Waals surface area contributed by atoms with Gasteiger partial charge in [0.2, 0.25) is 0 Å². The van der Waals surface area contributed by atoms with Crippen LogP contribution in [0.4, 0.5) is 26.3 Å². The van der Waals surface area contributed by atoms with Gasteiger partial charge in [0.1, 0.15) is 0 Å². The molecule has 0 amide bonds. The van der Waals surface area contributed by atoms with Crippen LogP contribution >= 0.6 is 0 Å². The normalized spacial score (nSPS) is 13.0. The molecule has 0 saturated heterocycles. The van der Waals surface area contributed by atoms with Crippen LogP contribution in [0.5, 0.6) is 0 Å². The molecule has 0 unspecified atom stereocenters. The topological polar surface area (TPSA) is 46.5 Å². The van der Waals surface area contributed by atoms with E-state index in [1.807, 2.05) is 0 Å². The molecule has 0 radical (unpaired) electrons. The third-order valence-electron chi connectivity index (χ3n) is 2.00. The Balaban J connectivity index is 2.61. The second-order valence-corrected chi connectivity index (χ2v) is 3.26. The summed E-state index contributed by atoms with van der Waals surface area (Å²) >= 11 is 0. The van der Waals surface area contributed by atoms with Gasteiger partial charge in [-0.25, -0.2) is 9.67 Å². The Morgan fingerprint density at radius 1 is 1.06 bits per heavy atom. The van der Waals surface area contributed by atoms with Gasteiger partial charge in [0.15, 0.2) is 17.2 Å². The van der Waals surface area contributed by atoms with Crippen LogP contribution in [0.1, 0.15) is 11.4 Å². The van der Waals surface area contributed by atoms with Crippen molar-refractivity contribution in [2.45, 2.75) is 12.4 Å². The molecule has 0 fully saturated rings. The minimum absolute atomic E-state index is 0.0547. The van der Waals surface area contributed by atoms with Crippen molar-refractivity contribution in [2.75, 3.05) is 0 Å². The zero-order valence-corrected chi connectivity index (χ0v) is 8.34. The highest BCUT2D eigenvalue weighted by atomic mass is 19.4. The van der Waals surface area contributed by atoms with Crippen molar-refractivity contribution in [1.29, 1.82) is 0 Å². The molecule has 2 heterocycles. The summed E-state index contributed by atoms with van der Waals surface area (Å²) < 4.78 is 74.9. The zero-order chi connectivity index (χ0) is 13.6. The molecule has 0 aliphatic rings. The van der Waals surface area contributed by atoms with Crippen molar-refractivity contribution in [3.8, 4) is 5.82 Å². The van der Waals surface area contributed by atoms with Gasteiger partial charge in [0.25, 0.3) is 0 Å². The zero-order valence-electron chi connectivity index (χ0n) is 8.34. The van der Waals surface area contributed by atoms with Crippen LogP contribution in [0, 0.1) is 0 Å². The highest BCUT2D eigenvalue weighted by Crippen LogP contribution is 2.35. The van der Waals surface area contributed by atoms with E-state index < -0.39 is 23.7 Å². The number of H-pyrrole nitrogens is 1. The molecule has 2 rings (SSSR count). The second kappa shape index (κ2) is 3.75. The molecule has 4 nitrogen and oxygen atoms in total. The highest BCUT2D eigenvalue weighted by Gasteiger charge is 2.42. The fourth-order valence-corrected chi connectivity index (χ4v) is 1.27. The van der Waals surface area contributed by atoms with Gasteiger partial charge in [-0.2, -0.15) is 31.4 Å². The first-order chi connectivity index (χ1) is 8.19. The maximum Gasteiger partial charge on any atom is 0.435 e. The minimum atomic E-state index is -4.96. The van der Waals surface area contributed by atoms with E-state index in [1.165, 1.54) is 0 Å². The SMILES string of the molecule is FC(F)(F)c1cc(C(F)(F)F)n(-c2cnc[nH]2)n1. The van der Waals surface area contributed by atoms with Gasteiger partial charge in [-0.3, -0.25) is 0 Å². The van der Waals surface area contributed by atoms with Crippen LogP contribution in [-0.4, -0.2) is 19.7 Å². The van der Waals surface area contributed by atoms with Crippen LogP contribution in [0.15, 0.2) is 18.6 Å². The molecular formula is C8H4F6N4. The van der Waals surface area contributed by atoms with E-state index in [0.717, 1.165) is 12.5 Å². The molecule has 0 aliphatic heterocycles. The molecule has 98 valence electrons. The van der Waals surface area contributed by atoms with Gasteiger partial charge in [-0.05, 0) is 0 Å². The number of rotatable bonds is 1. The summed E-state index contributed by atoms with van der Waals surface area (Å²) in [7, 11) is 0. The van der Waals surface area contributed by atoms with Gasteiger partial charge in [-0.15, -0.1) is 0 Å². The van der Waals surface area contributed by atoms with Crippen LogP contribution in [-0.2, 0) is 12.4 Å². The molecule has 0 bridgehead atoms. The highest BCUT2D eigenvalue weighted by molar-refractivity contribution is 5.26. The predicted octanol–water partition coefficient (Wildman–Crippen LogP) is 2.63. The van der Waals surface area contributed by atoms with E-state index in [0.29, 0.717) is 0 Å². The third-order valence-corrected chi connectivity index (χ3v) is 2.00. The predicted molar refractivity (Wildman–Crippen MR) is 45.7 cm³/mol. The van der Waals surface area contributed by atoms with Crippen molar-refractivity contribution in [3.05, 3.63) is 30.0 Å². The number of alkyl halides is 6. The third kappa shape index (κ3) is 2.17. The quantitative estimate of drug-likeness (QED) is 0.810. The molecule has 2 aromatic rings. The van der Waals surface area contributed by atoms with Crippen molar-refractivity contribution < 1.29 is 26.3 Å². The lowest BCUT2D eigenvalue weighted by Gasteiger charge is -2.07. The fourth-order valence-electron chi connectivity index (χ4n) is 1.27. The lowest BCUT2D eigenvalue weighted by Crippen LogP contribution is -2.13. The smallest absolute Gasteiger partial charge is 0.330 e. The van der Waals surface area contributed by atoms with Crippen molar-refractivity contribution >= 4 is 0 Å². The Kier molecular flexibility index (Phi) is 2.60. The number of halogens is 6. The number of hydrogen-bond acceptors (Lipinski definition) is 2. The number of hydrogen-bond donors (Lipinski definition) is 1. The summed E-state index contributed by atoms with van der Waals surface area (Å²) in [4.78, 5) is 5.68. The Hall–Kier alpha value is -2.00. The summed E-state index contributed by atoms with van der Waals surface area (Å²) in [6.07, 6.45) is -7.94. The molecular weight excluding hydrogens is 266 g/mol. The first-order valence-electron chi connectivity index (χ1n) is 4.43. The number of imidazole rings is 1. The first-order valence-corrected chi connectivity index (χ1v) is 4.43. The summed E-state index contributed by atoms with van der Waals surface area (Å²) in [5, 5.41) is 2.89. The maximum atomic E-state index is 12.6. The molecule has 2 aromatic heterocycles. The van der Waals surface area contributed by atoms with Gasteiger partial charge < -0.3 is 4.98 Å². The largest absolute Gasteiger partial charge is 0.435 e. The fraction of sp³-hybridized carbons (Fsp3) is 0.250. The van der Waals surface area contributed by atoms with E-state index in [2.05, 4.69) is 15.1 Å². The Morgan fingerprint density at radius 2 is 1.72 bits per heavy atom. The van der Waals surface area contributed by atoms with Crippen molar-refractivity contribution in [2.24, 2.45) is 0 Å². The van der Waals surface area contributed by atoms with Gasteiger partial charge in [0, 0.05) is 6.07 Å². The molecule has 0 aliphatic carbocycles. The standard InChI is InChI=1S/C8H4F6N4/c9-7(10,11)4-1-5(8(12,13)14)18(17-4)6-2-15-3-16-6/h1-3H,(H,15,16). The molecule has 0 atom stereocenters. The summed E-state index contributed by atoms with van der Waals surface area (Å²) in [6, 6.07) is -0.0547. The van der Waals surface area contributed by atoms with Crippen molar-refractivity contribution in [3.63, 3.8) is 0 Å². The monoisotopic (exact) mass is 270 g/mol. The number of aromatic nitrogens is 4. The van der Waals surface area contributed by atoms with Crippen LogP contribution in [0.25, 0.3) is 5.82 Å². The Morgan fingerprint density at radius 3 is 2.17 bits per heavy atom. The van der Waals surface area contributed by atoms with Crippen LogP contribution < -0.4 is 0 Å². The van der Waals surface area contributed by atoms with E-state index in [1.54, 1.807) is 0 Å². The van der Waals surface area contributed by atoms with E-state index >= 15 is 0 Å². The van der Waals surface area contributed by atoms with Gasteiger partial charge >= 0.3 is 12.4 Å². The van der Waals surface area contributed by atoms with Crippen LogP contribution in [0.2, 0.25) is 0 Å². The number of aromatic amines is 1. The lowest BCUT2D eigenvalue weighted by atomic mass is 10.3. The van der Waals surface area contributed by atoms with Gasteiger partial charge in [-0.1, -0.05) is 0 Å². The molecule has 18 heavy (non-hydrogen) atoms. The number of nitrogens with one attached hydrogen (secondary N) is 1. The first kappa shape index (κ1) is 12.5. The second-order valence-electron chi connectivity index (χ2n) is 3.26. The summed E-state index contributed by atoms with van der Waals surface area (Å²) in [5.74, 6) is -0.308. The average Bonchev–Trinajstić information content (AvgIpc) is 2.84. The summed E-state index contributed by atoms with van der Waals surface area (Å²) in [6.45, 7) is 0.